The Kier molecular flexibility index (Phi) is 4.50. The van der Waals surface area contributed by atoms with Crippen LogP contribution in [0.25, 0.3) is 0 Å². The van der Waals surface area contributed by atoms with E-state index >= 15 is 0 Å². The van der Waals surface area contributed by atoms with E-state index in [-0.39, 0.29) is 0 Å². The fourth-order valence-corrected chi connectivity index (χ4v) is 2.02. The third-order valence-electron chi connectivity index (χ3n) is 2.96. The lowest BCUT2D eigenvalue weighted by Gasteiger charge is -2.12. The lowest BCUT2D eigenvalue weighted by atomic mass is 9.97. The van der Waals surface area contributed by atoms with Crippen LogP contribution >= 0.6 is 0 Å². The van der Waals surface area contributed by atoms with Crippen LogP contribution in [-0.2, 0) is 6.54 Å². The molecule has 1 heterocycles. The lowest BCUT2D eigenvalue weighted by Crippen LogP contribution is -2.16. The largest absolute Gasteiger partial charge is 0.311 e. The predicted octanol–water partition coefficient (Wildman–Crippen LogP) is 2.46. The number of rotatable bonds is 5. The van der Waals surface area contributed by atoms with E-state index in [1.807, 2.05) is 6.07 Å². The topological polar surface area (TPSA) is 37.8 Å². The van der Waals surface area contributed by atoms with Crippen LogP contribution in [0.5, 0.6) is 0 Å². The molecule has 1 aromatic rings. The average Bonchev–Trinajstić information content (AvgIpc) is 2.37. The molecule has 3 heteroatoms. The molecule has 0 atom stereocenters. The summed E-state index contributed by atoms with van der Waals surface area (Å²) in [5.41, 5.74) is 2.69. The van der Waals surface area contributed by atoms with Gasteiger partial charge in [-0.1, -0.05) is 11.6 Å². The fourth-order valence-electron chi connectivity index (χ4n) is 2.02. The van der Waals surface area contributed by atoms with E-state index in [0.29, 0.717) is 0 Å². The fraction of sp³-hybridized carbons (Fsp3) is 0.538. The number of nitrogens with zero attached hydrogens (tertiary/aromatic N) is 2. The van der Waals surface area contributed by atoms with Gasteiger partial charge in [0.1, 0.15) is 6.33 Å². The summed E-state index contributed by atoms with van der Waals surface area (Å²) in [5.74, 6) is 0. The molecule has 0 spiro atoms. The molecule has 3 nitrogen and oxygen atoms in total. The molecule has 1 aromatic heterocycles. The van der Waals surface area contributed by atoms with Crippen molar-refractivity contribution in [3.63, 3.8) is 0 Å². The smallest absolute Gasteiger partial charge is 0.115 e. The van der Waals surface area contributed by atoms with Gasteiger partial charge in [-0.2, -0.15) is 0 Å². The van der Waals surface area contributed by atoms with Gasteiger partial charge in [-0.3, -0.25) is 0 Å². The normalized spacial score (nSPS) is 15.9. The van der Waals surface area contributed by atoms with E-state index in [0.717, 1.165) is 18.8 Å². The van der Waals surface area contributed by atoms with Crippen LogP contribution in [0.4, 0.5) is 0 Å². The van der Waals surface area contributed by atoms with E-state index in [9.17, 15) is 0 Å². The second-order valence-corrected chi connectivity index (χ2v) is 4.24. The van der Waals surface area contributed by atoms with Gasteiger partial charge < -0.3 is 5.32 Å². The quantitative estimate of drug-likeness (QED) is 0.608. The molecule has 1 N–H and O–H groups in total. The molecule has 16 heavy (non-hydrogen) atoms. The molecule has 0 fully saturated rings. The van der Waals surface area contributed by atoms with Crippen molar-refractivity contribution in [1.82, 2.24) is 15.3 Å². The zero-order valence-corrected chi connectivity index (χ0v) is 9.65. The van der Waals surface area contributed by atoms with E-state index in [2.05, 4.69) is 21.4 Å². The molecule has 0 aliphatic heterocycles. The van der Waals surface area contributed by atoms with Gasteiger partial charge in [0.05, 0.1) is 5.69 Å². The molecular formula is C13H19N3. The van der Waals surface area contributed by atoms with Crippen LogP contribution in [0.2, 0.25) is 0 Å². The molecule has 1 aliphatic carbocycles. The number of allylic oxidation sites excluding steroid dienone is 1. The van der Waals surface area contributed by atoms with Crippen LogP contribution in [0.3, 0.4) is 0 Å². The molecule has 0 bridgehead atoms. The number of hydrogen-bond acceptors (Lipinski definition) is 3. The van der Waals surface area contributed by atoms with Crippen LogP contribution < -0.4 is 5.32 Å². The highest BCUT2D eigenvalue weighted by molar-refractivity contribution is 5.05. The highest BCUT2D eigenvalue weighted by Gasteiger charge is 2.02. The van der Waals surface area contributed by atoms with Gasteiger partial charge in [-0.15, -0.1) is 0 Å². The van der Waals surface area contributed by atoms with Crippen LogP contribution in [0, 0.1) is 0 Å². The molecule has 2 rings (SSSR count). The molecule has 0 radical (unpaired) electrons. The minimum atomic E-state index is 0.843. The minimum Gasteiger partial charge on any atom is -0.311 e. The Hall–Kier alpha value is -1.22. The van der Waals surface area contributed by atoms with Crippen LogP contribution in [-0.4, -0.2) is 16.5 Å². The Balaban J connectivity index is 1.63. The third-order valence-corrected chi connectivity index (χ3v) is 2.96. The third kappa shape index (κ3) is 3.74. The summed E-state index contributed by atoms with van der Waals surface area (Å²) in [5, 5.41) is 3.42. The van der Waals surface area contributed by atoms with Crippen molar-refractivity contribution < 1.29 is 0 Å². The van der Waals surface area contributed by atoms with E-state index in [1.165, 1.54) is 32.1 Å². The molecule has 86 valence electrons. The Bertz CT molecular complexity index is 332. The first-order valence-electron chi connectivity index (χ1n) is 6.08. The maximum Gasteiger partial charge on any atom is 0.115 e. The van der Waals surface area contributed by atoms with Crippen molar-refractivity contribution in [3.05, 3.63) is 35.9 Å². The first kappa shape index (κ1) is 11.3. The molecule has 1 aliphatic rings. The highest BCUT2D eigenvalue weighted by Crippen LogP contribution is 2.19. The SMILES string of the molecule is C1=C(CCNCc2ccncn2)CCCC1. The predicted molar refractivity (Wildman–Crippen MR) is 64.9 cm³/mol. The second kappa shape index (κ2) is 6.38. The Morgan fingerprint density at radius 1 is 1.31 bits per heavy atom. The summed E-state index contributed by atoms with van der Waals surface area (Å²) in [7, 11) is 0. The van der Waals surface area contributed by atoms with Crippen molar-refractivity contribution in [1.29, 1.82) is 0 Å². The Morgan fingerprint density at radius 3 is 3.06 bits per heavy atom. The van der Waals surface area contributed by atoms with E-state index < -0.39 is 0 Å². The summed E-state index contributed by atoms with van der Waals surface area (Å²) in [6.45, 7) is 1.89. The molecule has 0 amide bonds. The van der Waals surface area contributed by atoms with Crippen LogP contribution in [0.15, 0.2) is 30.2 Å². The maximum atomic E-state index is 4.17. The second-order valence-electron chi connectivity index (χ2n) is 4.24. The summed E-state index contributed by atoms with van der Waals surface area (Å²) in [4.78, 5) is 8.07. The Labute approximate surface area is 97.0 Å². The lowest BCUT2D eigenvalue weighted by molar-refractivity contribution is 0.627. The first-order valence-corrected chi connectivity index (χ1v) is 6.08. The van der Waals surface area contributed by atoms with Gasteiger partial charge in [0.2, 0.25) is 0 Å². The van der Waals surface area contributed by atoms with Gasteiger partial charge in [0.25, 0.3) is 0 Å². The molecular weight excluding hydrogens is 198 g/mol. The molecule has 0 saturated carbocycles. The number of aromatic nitrogens is 2. The first-order chi connectivity index (χ1) is 7.95. The van der Waals surface area contributed by atoms with Gasteiger partial charge in [-0.05, 0) is 44.7 Å². The monoisotopic (exact) mass is 217 g/mol. The van der Waals surface area contributed by atoms with Crippen molar-refractivity contribution in [2.24, 2.45) is 0 Å². The standard InChI is InChI=1S/C13H19N3/c1-2-4-12(5-3-1)6-8-14-10-13-7-9-15-11-16-13/h4,7,9,11,14H,1-3,5-6,8,10H2. The molecule has 0 saturated heterocycles. The number of hydrogen-bond donors (Lipinski definition) is 1. The van der Waals surface area contributed by atoms with Crippen LogP contribution in [0.1, 0.15) is 37.8 Å². The van der Waals surface area contributed by atoms with E-state index in [4.69, 9.17) is 0 Å². The maximum absolute atomic E-state index is 4.17. The van der Waals surface area contributed by atoms with Gasteiger partial charge >= 0.3 is 0 Å². The van der Waals surface area contributed by atoms with Crippen molar-refractivity contribution in [2.45, 2.75) is 38.6 Å². The average molecular weight is 217 g/mol. The van der Waals surface area contributed by atoms with Gasteiger partial charge in [0, 0.05) is 12.7 Å². The zero-order valence-electron chi connectivity index (χ0n) is 9.65. The summed E-state index contributed by atoms with van der Waals surface area (Å²) in [6, 6.07) is 1.95. The van der Waals surface area contributed by atoms with Crippen molar-refractivity contribution in [2.75, 3.05) is 6.54 Å². The summed E-state index contributed by atoms with van der Waals surface area (Å²) < 4.78 is 0. The van der Waals surface area contributed by atoms with Crippen molar-refractivity contribution >= 4 is 0 Å². The van der Waals surface area contributed by atoms with Gasteiger partial charge in [-0.25, -0.2) is 9.97 Å². The van der Waals surface area contributed by atoms with Crippen molar-refractivity contribution in [3.8, 4) is 0 Å². The highest BCUT2D eigenvalue weighted by atomic mass is 14.9. The van der Waals surface area contributed by atoms with Gasteiger partial charge in [0.15, 0.2) is 0 Å². The molecule has 0 unspecified atom stereocenters. The van der Waals surface area contributed by atoms with E-state index in [1.54, 1.807) is 18.1 Å². The summed E-state index contributed by atoms with van der Waals surface area (Å²) in [6.07, 6.45) is 12.3. The number of nitrogens with one attached hydrogen (secondary N) is 1. The Morgan fingerprint density at radius 2 is 2.31 bits per heavy atom. The summed E-state index contributed by atoms with van der Waals surface area (Å²) >= 11 is 0. The minimum absolute atomic E-state index is 0.843. The zero-order chi connectivity index (χ0) is 11.1. The molecule has 0 aromatic carbocycles.